The Morgan fingerprint density at radius 1 is 1.38 bits per heavy atom. The molecule has 1 fully saturated rings. The number of rotatable bonds is 6. The van der Waals surface area contributed by atoms with Gasteiger partial charge in [-0.2, -0.15) is 0 Å². The van der Waals surface area contributed by atoms with Gasteiger partial charge in [0.1, 0.15) is 11.5 Å². The van der Waals surface area contributed by atoms with Crippen molar-refractivity contribution in [2.75, 3.05) is 26.2 Å². The molecule has 0 bridgehead atoms. The molecule has 3 heterocycles. The molecule has 2 aromatic heterocycles. The Morgan fingerprint density at radius 3 is 2.96 bits per heavy atom. The van der Waals surface area contributed by atoms with Crippen molar-refractivity contribution in [2.24, 2.45) is 5.92 Å². The van der Waals surface area contributed by atoms with Crippen molar-refractivity contribution in [3.63, 3.8) is 0 Å². The number of carbonyl (C=O) groups is 1. The van der Waals surface area contributed by atoms with Gasteiger partial charge in [-0.15, -0.1) is 0 Å². The standard InChI is InChI=1S/C19H24N2O3/c1-14(10-17-4-3-8-24-17)12-21-7-5-16(13-21)11-20-19(22)18-6-9-23-15(18)2/h3-4,6,8-10,16H,5,7,11-13H2,1-2H3,(H,20,22)/b14-10+/t16-/m0/s1. The molecule has 5 nitrogen and oxygen atoms in total. The molecule has 1 aliphatic rings. The smallest absolute Gasteiger partial charge is 0.254 e. The average molecular weight is 328 g/mol. The normalized spacial score (nSPS) is 18.9. The molecule has 0 spiro atoms. The second kappa shape index (κ2) is 7.53. The number of carbonyl (C=O) groups excluding carboxylic acids is 1. The van der Waals surface area contributed by atoms with Crippen molar-refractivity contribution < 1.29 is 13.6 Å². The first-order valence-corrected chi connectivity index (χ1v) is 8.37. The van der Waals surface area contributed by atoms with Gasteiger partial charge in [-0.1, -0.05) is 5.57 Å². The summed E-state index contributed by atoms with van der Waals surface area (Å²) in [6, 6.07) is 5.58. The molecular weight excluding hydrogens is 304 g/mol. The minimum atomic E-state index is -0.0476. The number of nitrogens with one attached hydrogen (secondary N) is 1. The molecule has 0 radical (unpaired) electrons. The van der Waals surface area contributed by atoms with Gasteiger partial charge in [0, 0.05) is 19.6 Å². The highest BCUT2D eigenvalue weighted by Crippen LogP contribution is 2.18. The van der Waals surface area contributed by atoms with Gasteiger partial charge in [0.2, 0.25) is 0 Å². The van der Waals surface area contributed by atoms with E-state index >= 15 is 0 Å². The molecular formula is C19H24N2O3. The summed E-state index contributed by atoms with van der Waals surface area (Å²) >= 11 is 0. The van der Waals surface area contributed by atoms with E-state index in [-0.39, 0.29) is 5.91 Å². The van der Waals surface area contributed by atoms with Gasteiger partial charge in [-0.05, 0) is 57.0 Å². The Morgan fingerprint density at radius 2 is 2.25 bits per heavy atom. The first kappa shape index (κ1) is 16.6. The number of nitrogens with zero attached hydrogens (tertiary/aromatic N) is 1. The van der Waals surface area contributed by atoms with Crippen LogP contribution < -0.4 is 5.32 Å². The van der Waals surface area contributed by atoms with Crippen LogP contribution in [0.25, 0.3) is 6.08 Å². The lowest BCUT2D eigenvalue weighted by Gasteiger charge is -2.16. The van der Waals surface area contributed by atoms with E-state index in [1.165, 1.54) is 5.57 Å². The second-order valence-corrected chi connectivity index (χ2v) is 6.50. The number of amides is 1. The highest BCUT2D eigenvalue weighted by molar-refractivity contribution is 5.95. The minimum absolute atomic E-state index is 0.0476. The summed E-state index contributed by atoms with van der Waals surface area (Å²) in [5.74, 6) is 2.01. The van der Waals surface area contributed by atoms with Crippen LogP contribution in [0.2, 0.25) is 0 Å². The summed E-state index contributed by atoms with van der Waals surface area (Å²) in [4.78, 5) is 14.5. The SMILES string of the molecule is C/C(=C\c1ccco1)CN1CC[C@@H](CNC(=O)c2ccoc2C)C1. The maximum absolute atomic E-state index is 12.1. The Kier molecular flexibility index (Phi) is 5.20. The van der Waals surface area contributed by atoms with Crippen LogP contribution >= 0.6 is 0 Å². The fraction of sp³-hybridized carbons (Fsp3) is 0.421. The van der Waals surface area contributed by atoms with Crippen molar-refractivity contribution in [3.05, 3.63) is 53.4 Å². The van der Waals surface area contributed by atoms with Gasteiger partial charge in [0.15, 0.2) is 0 Å². The minimum Gasteiger partial charge on any atom is -0.469 e. The molecule has 0 unspecified atom stereocenters. The summed E-state index contributed by atoms with van der Waals surface area (Å²) in [6.07, 6.45) is 6.43. The lowest BCUT2D eigenvalue weighted by molar-refractivity contribution is 0.0946. The van der Waals surface area contributed by atoms with Crippen LogP contribution in [-0.2, 0) is 0 Å². The van der Waals surface area contributed by atoms with Crippen molar-refractivity contribution in [2.45, 2.75) is 20.3 Å². The molecule has 3 rings (SSSR count). The first-order valence-electron chi connectivity index (χ1n) is 8.37. The van der Waals surface area contributed by atoms with Gasteiger partial charge in [0.05, 0.1) is 18.1 Å². The molecule has 0 saturated carbocycles. The molecule has 1 N–H and O–H groups in total. The largest absolute Gasteiger partial charge is 0.469 e. The van der Waals surface area contributed by atoms with E-state index in [9.17, 15) is 4.79 Å². The van der Waals surface area contributed by atoms with Crippen LogP contribution in [0.1, 0.15) is 35.2 Å². The van der Waals surface area contributed by atoms with Gasteiger partial charge in [0.25, 0.3) is 5.91 Å². The van der Waals surface area contributed by atoms with Crippen LogP contribution in [0.5, 0.6) is 0 Å². The van der Waals surface area contributed by atoms with E-state index in [4.69, 9.17) is 8.83 Å². The quantitative estimate of drug-likeness (QED) is 0.883. The van der Waals surface area contributed by atoms with Crippen molar-refractivity contribution >= 4 is 12.0 Å². The molecule has 0 aliphatic carbocycles. The third-order valence-corrected chi connectivity index (χ3v) is 4.43. The summed E-state index contributed by atoms with van der Waals surface area (Å²) in [7, 11) is 0. The summed E-state index contributed by atoms with van der Waals surface area (Å²) < 4.78 is 10.5. The van der Waals surface area contributed by atoms with E-state index in [2.05, 4.69) is 23.2 Å². The highest BCUT2D eigenvalue weighted by Gasteiger charge is 2.23. The van der Waals surface area contributed by atoms with Crippen LogP contribution in [0.3, 0.4) is 0 Å². The average Bonchev–Trinajstić information content (AvgIpc) is 3.27. The topological polar surface area (TPSA) is 58.6 Å². The number of furan rings is 2. The fourth-order valence-electron chi connectivity index (χ4n) is 3.19. The highest BCUT2D eigenvalue weighted by atomic mass is 16.3. The van der Waals surface area contributed by atoms with Gasteiger partial charge < -0.3 is 14.2 Å². The van der Waals surface area contributed by atoms with Crippen LogP contribution in [0, 0.1) is 12.8 Å². The van der Waals surface area contributed by atoms with E-state index in [0.717, 1.165) is 31.8 Å². The van der Waals surface area contributed by atoms with E-state index in [1.54, 1.807) is 25.5 Å². The third kappa shape index (κ3) is 4.17. The van der Waals surface area contributed by atoms with Crippen molar-refractivity contribution in [1.29, 1.82) is 0 Å². The van der Waals surface area contributed by atoms with Gasteiger partial charge in [-0.3, -0.25) is 9.69 Å². The Balaban J connectivity index is 1.44. The lowest BCUT2D eigenvalue weighted by Crippen LogP contribution is -2.31. The number of likely N-dealkylation sites (tertiary alicyclic amines) is 1. The summed E-state index contributed by atoms with van der Waals surface area (Å²) in [5, 5.41) is 3.02. The molecule has 2 aromatic rings. The Hall–Kier alpha value is -2.27. The predicted molar refractivity (Wildman–Crippen MR) is 92.7 cm³/mol. The molecule has 1 aliphatic heterocycles. The zero-order valence-corrected chi connectivity index (χ0v) is 14.2. The molecule has 128 valence electrons. The summed E-state index contributed by atoms with van der Waals surface area (Å²) in [5.41, 5.74) is 1.91. The van der Waals surface area contributed by atoms with Crippen LogP contribution in [0.15, 0.2) is 45.1 Å². The molecule has 1 atom stereocenters. The van der Waals surface area contributed by atoms with E-state index < -0.39 is 0 Å². The van der Waals surface area contributed by atoms with Crippen molar-refractivity contribution in [3.8, 4) is 0 Å². The Labute approximate surface area is 142 Å². The van der Waals surface area contributed by atoms with Gasteiger partial charge >= 0.3 is 0 Å². The van der Waals surface area contributed by atoms with E-state index in [1.807, 2.05) is 12.1 Å². The summed E-state index contributed by atoms with van der Waals surface area (Å²) in [6.45, 7) is 7.65. The second-order valence-electron chi connectivity index (χ2n) is 6.50. The van der Waals surface area contributed by atoms with E-state index in [0.29, 0.717) is 23.8 Å². The van der Waals surface area contributed by atoms with Crippen molar-refractivity contribution in [1.82, 2.24) is 10.2 Å². The zero-order valence-electron chi connectivity index (χ0n) is 14.2. The monoisotopic (exact) mass is 328 g/mol. The Bertz CT molecular complexity index is 700. The maximum Gasteiger partial charge on any atom is 0.254 e. The predicted octanol–water partition coefficient (Wildman–Crippen LogP) is 3.34. The fourth-order valence-corrected chi connectivity index (χ4v) is 3.19. The molecule has 1 saturated heterocycles. The van der Waals surface area contributed by atoms with Gasteiger partial charge in [-0.25, -0.2) is 0 Å². The molecule has 24 heavy (non-hydrogen) atoms. The van der Waals surface area contributed by atoms with Crippen LogP contribution in [0.4, 0.5) is 0 Å². The van der Waals surface area contributed by atoms with Crippen LogP contribution in [-0.4, -0.2) is 37.0 Å². The molecule has 5 heteroatoms. The zero-order chi connectivity index (χ0) is 16.9. The molecule has 1 amide bonds. The number of hydrogen-bond acceptors (Lipinski definition) is 4. The number of aryl methyl sites for hydroxylation is 1. The number of hydrogen-bond donors (Lipinski definition) is 1. The molecule has 0 aromatic carbocycles. The lowest BCUT2D eigenvalue weighted by atomic mass is 10.1. The third-order valence-electron chi connectivity index (χ3n) is 4.43. The maximum atomic E-state index is 12.1. The first-order chi connectivity index (χ1) is 11.6.